The zero-order valence-electron chi connectivity index (χ0n) is 13.8. The predicted molar refractivity (Wildman–Crippen MR) is 99.1 cm³/mol. The quantitative estimate of drug-likeness (QED) is 0.385. The zero-order chi connectivity index (χ0) is 17.8. The number of nitrogens with zero attached hydrogens (tertiary/aromatic N) is 5. The number of rotatable bonds is 2. The second-order valence-corrected chi connectivity index (χ2v) is 8.03. The Morgan fingerprint density at radius 3 is 3.12 bits per heavy atom. The Bertz CT molecular complexity index is 1150. The van der Waals surface area contributed by atoms with E-state index in [0.717, 1.165) is 28.8 Å². The van der Waals surface area contributed by atoms with Gasteiger partial charge in [-0.05, 0) is 30.7 Å². The van der Waals surface area contributed by atoms with Gasteiger partial charge in [0, 0.05) is 18.0 Å². The van der Waals surface area contributed by atoms with E-state index in [1.54, 1.807) is 31.5 Å². The van der Waals surface area contributed by atoms with Crippen molar-refractivity contribution < 1.29 is 9.25 Å². The van der Waals surface area contributed by atoms with Crippen LogP contribution in [0.4, 0.5) is 0 Å². The Morgan fingerprint density at radius 2 is 2.31 bits per heavy atom. The summed E-state index contributed by atoms with van der Waals surface area (Å²) in [5.41, 5.74) is 2.93. The fourth-order valence-electron chi connectivity index (χ4n) is 3.41. The van der Waals surface area contributed by atoms with Gasteiger partial charge in [-0.1, -0.05) is 16.8 Å². The van der Waals surface area contributed by atoms with Crippen LogP contribution in [0.25, 0.3) is 28.1 Å². The molecule has 4 heterocycles. The molecule has 1 atom stereocenters. The molecular weight excluding hydrogens is 374 g/mol. The molecule has 5 rings (SSSR count). The maximum Gasteiger partial charge on any atom is 0.242 e. The highest BCUT2D eigenvalue weighted by Gasteiger charge is 2.27. The number of fused-ring (bicyclic) bond motifs is 3. The molecule has 0 spiro atoms. The number of halogens is 1. The Morgan fingerprint density at radius 1 is 1.42 bits per heavy atom. The molecule has 1 aliphatic heterocycles. The summed E-state index contributed by atoms with van der Waals surface area (Å²) in [5.74, 6) is 2.15. The minimum atomic E-state index is 0.249. The number of imidazole rings is 1. The van der Waals surface area contributed by atoms with Crippen LogP contribution in [0, 0.1) is 12.1 Å². The van der Waals surface area contributed by atoms with Crippen molar-refractivity contribution in [2.45, 2.75) is 25.0 Å². The average molecular weight is 388 g/mol. The normalized spacial score (nSPS) is 17.5. The van der Waals surface area contributed by atoms with E-state index in [4.69, 9.17) is 16.1 Å². The minimum absolute atomic E-state index is 0.249. The second kappa shape index (κ2) is 5.85. The van der Waals surface area contributed by atoms with Crippen molar-refractivity contribution >= 4 is 39.9 Å². The van der Waals surface area contributed by atoms with Crippen LogP contribution in [0.3, 0.4) is 0 Å². The molecule has 0 bridgehead atoms. The third-order valence-electron chi connectivity index (χ3n) is 4.69. The van der Waals surface area contributed by atoms with Gasteiger partial charge in [-0.25, -0.2) is 4.98 Å². The highest BCUT2D eigenvalue weighted by Crippen LogP contribution is 2.39. The van der Waals surface area contributed by atoms with E-state index < -0.39 is 0 Å². The lowest BCUT2D eigenvalue weighted by atomic mass is 10.2. The van der Waals surface area contributed by atoms with Crippen LogP contribution in [0.5, 0.6) is 0 Å². The zero-order valence-corrected chi connectivity index (χ0v) is 15.4. The molecule has 1 aliphatic rings. The average Bonchev–Trinajstić information content (AvgIpc) is 3.38. The van der Waals surface area contributed by atoms with Gasteiger partial charge in [-0.2, -0.15) is 9.71 Å². The molecule has 7 nitrogen and oxygen atoms in total. The summed E-state index contributed by atoms with van der Waals surface area (Å²) < 4.78 is 8.20. The summed E-state index contributed by atoms with van der Waals surface area (Å²) in [4.78, 5) is 9.01. The molecular formula is C17H14ClN5O2S. The molecule has 0 N–H and O–H groups in total. The lowest BCUT2D eigenvalue weighted by Gasteiger charge is -2.08. The largest absolute Gasteiger partial charge is 0.618 e. The van der Waals surface area contributed by atoms with Crippen LogP contribution in [-0.4, -0.2) is 25.3 Å². The monoisotopic (exact) mass is 387 g/mol. The van der Waals surface area contributed by atoms with Crippen LogP contribution in [-0.2, 0) is 0 Å². The van der Waals surface area contributed by atoms with Gasteiger partial charge in [-0.3, -0.25) is 4.40 Å². The number of thioether (sulfide) groups is 1. The Balaban J connectivity index is 1.72. The Kier molecular flexibility index (Phi) is 3.58. The third-order valence-corrected chi connectivity index (χ3v) is 6.29. The number of aryl methyl sites for hydroxylation is 1. The summed E-state index contributed by atoms with van der Waals surface area (Å²) >= 11 is 7.88. The molecule has 9 heteroatoms. The number of aromatic nitrogens is 5. The van der Waals surface area contributed by atoms with E-state index >= 15 is 0 Å². The van der Waals surface area contributed by atoms with Crippen molar-refractivity contribution in [3.63, 3.8) is 0 Å². The summed E-state index contributed by atoms with van der Waals surface area (Å²) in [6, 6.07) is 5.21. The molecule has 3 aromatic heterocycles. The number of benzene rings is 1. The first-order chi connectivity index (χ1) is 12.6. The van der Waals surface area contributed by atoms with E-state index in [-0.39, 0.29) is 5.25 Å². The fourth-order valence-corrected chi connectivity index (χ4v) is 4.77. The number of hydrogen-bond donors (Lipinski definition) is 0. The smallest absolute Gasteiger partial charge is 0.242 e. The van der Waals surface area contributed by atoms with Gasteiger partial charge in [0.1, 0.15) is 23.1 Å². The first-order valence-corrected chi connectivity index (χ1v) is 9.70. The van der Waals surface area contributed by atoms with Gasteiger partial charge in [-0.15, -0.1) is 11.8 Å². The molecule has 0 amide bonds. The van der Waals surface area contributed by atoms with Gasteiger partial charge < -0.3 is 9.73 Å². The van der Waals surface area contributed by atoms with E-state index in [2.05, 4.69) is 15.1 Å². The van der Waals surface area contributed by atoms with E-state index in [1.165, 1.54) is 0 Å². The van der Waals surface area contributed by atoms with Crippen molar-refractivity contribution in [2.24, 2.45) is 0 Å². The topological polar surface area (TPSA) is 83.2 Å². The van der Waals surface area contributed by atoms with Crippen molar-refractivity contribution in [1.29, 1.82) is 0 Å². The molecule has 0 saturated carbocycles. The van der Waals surface area contributed by atoms with Gasteiger partial charge in [0.25, 0.3) is 0 Å². The molecule has 1 saturated heterocycles. The standard InChI is InChI=1S/C17H14ClN5O2S/c1-9-15-14(16-20-17(25-21-16)13-3-2-6-26-13)19-8-22(15)11-5-4-10(18)7-12(11)23(9)24/h4-5,7-8,13H,2-3,6H2,1H3. The molecule has 0 radical (unpaired) electrons. The van der Waals surface area contributed by atoms with E-state index in [1.807, 2.05) is 16.2 Å². The molecule has 0 aliphatic carbocycles. The summed E-state index contributed by atoms with van der Waals surface area (Å²) in [5, 5.41) is 17.6. The SMILES string of the molecule is Cc1c2c(-c3noc(C4CCCS4)n3)ncn2c2ccc(Cl)cc2[n+]1[O-]. The minimum Gasteiger partial charge on any atom is -0.618 e. The molecule has 4 aromatic rings. The van der Waals surface area contributed by atoms with Crippen LogP contribution in [0.1, 0.15) is 29.7 Å². The van der Waals surface area contributed by atoms with Gasteiger partial charge in [0.2, 0.25) is 22.9 Å². The molecule has 1 fully saturated rings. The lowest BCUT2D eigenvalue weighted by molar-refractivity contribution is -0.583. The summed E-state index contributed by atoms with van der Waals surface area (Å²) in [6.07, 6.45) is 3.87. The van der Waals surface area contributed by atoms with E-state index in [0.29, 0.717) is 39.2 Å². The van der Waals surface area contributed by atoms with Crippen molar-refractivity contribution in [2.75, 3.05) is 5.75 Å². The van der Waals surface area contributed by atoms with Crippen molar-refractivity contribution in [3.05, 3.63) is 46.3 Å². The highest BCUT2D eigenvalue weighted by atomic mass is 35.5. The van der Waals surface area contributed by atoms with Crippen molar-refractivity contribution in [1.82, 2.24) is 19.5 Å². The molecule has 1 aromatic carbocycles. The highest BCUT2D eigenvalue weighted by molar-refractivity contribution is 7.99. The maximum atomic E-state index is 12.7. The van der Waals surface area contributed by atoms with Crippen LogP contribution in [0.15, 0.2) is 29.0 Å². The predicted octanol–water partition coefficient (Wildman–Crippen LogP) is 3.70. The van der Waals surface area contributed by atoms with E-state index in [9.17, 15) is 5.21 Å². The molecule has 132 valence electrons. The fraction of sp³-hybridized carbons (Fsp3) is 0.294. The van der Waals surface area contributed by atoms with Crippen molar-refractivity contribution in [3.8, 4) is 11.5 Å². The van der Waals surface area contributed by atoms with Crippen LogP contribution in [0.2, 0.25) is 5.02 Å². The molecule has 1 unspecified atom stereocenters. The third kappa shape index (κ3) is 2.29. The van der Waals surface area contributed by atoms with Gasteiger partial charge in [0.15, 0.2) is 0 Å². The maximum absolute atomic E-state index is 12.7. The summed E-state index contributed by atoms with van der Waals surface area (Å²) in [6.45, 7) is 1.75. The molecule has 26 heavy (non-hydrogen) atoms. The second-order valence-electron chi connectivity index (χ2n) is 6.28. The van der Waals surface area contributed by atoms with Crippen LogP contribution < -0.4 is 4.73 Å². The summed E-state index contributed by atoms with van der Waals surface area (Å²) in [7, 11) is 0. The number of hydrogen-bond acceptors (Lipinski definition) is 6. The van der Waals surface area contributed by atoms with Gasteiger partial charge in [0.05, 0.1) is 5.25 Å². The van der Waals surface area contributed by atoms with Gasteiger partial charge >= 0.3 is 0 Å². The van der Waals surface area contributed by atoms with Crippen LogP contribution >= 0.6 is 23.4 Å². The Hall–Kier alpha value is -2.32. The lowest BCUT2D eigenvalue weighted by Crippen LogP contribution is -2.32. The Labute approximate surface area is 157 Å². The first kappa shape index (κ1) is 15.9. The first-order valence-electron chi connectivity index (χ1n) is 8.27.